The number of hydrogen-bond acceptors (Lipinski definition) is 2. The molecule has 5 heteroatoms. The summed E-state index contributed by atoms with van der Waals surface area (Å²) in [5, 5.41) is 17.7. The van der Waals surface area contributed by atoms with Crippen molar-refractivity contribution in [2.45, 2.75) is 0 Å². The zero-order chi connectivity index (χ0) is 11.4. The normalized spacial score (nSPS) is 9.40. The van der Waals surface area contributed by atoms with Crippen LogP contribution >= 0.6 is 11.6 Å². The Balaban J connectivity index is 3.08. The quantitative estimate of drug-likeness (QED) is 0.469. The molecule has 0 amide bonds. The largest absolute Gasteiger partial charge is 0.477 e. The molecule has 0 heterocycles. The van der Waals surface area contributed by atoms with E-state index in [0.29, 0.717) is 10.6 Å². The Morgan fingerprint density at radius 1 is 1.07 bits per heavy atom. The van der Waals surface area contributed by atoms with Crippen molar-refractivity contribution in [3.63, 3.8) is 0 Å². The number of hydrogen-bond donors (Lipinski definition) is 2. The second-order valence-electron chi connectivity index (χ2n) is 2.72. The Morgan fingerprint density at radius 2 is 1.53 bits per heavy atom. The molecular formula is C10H7ClO4. The molecule has 0 unspecified atom stereocenters. The van der Waals surface area contributed by atoms with E-state index in [2.05, 4.69) is 0 Å². The van der Waals surface area contributed by atoms with Crippen LogP contribution in [0.5, 0.6) is 0 Å². The van der Waals surface area contributed by atoms with Gasteiger partial charge in [0.25, 0.3) is 0 Å². The minimum Gasteiger partial charge on any atom is -0.477 e. The Hall–Kier alpha value is -1.81. The van der Waals surface area contributed by atoms with Crippen LogP contribution in [0.15, 0.2) is 29.8 Å². The van der Waals surface area contributed by atoms with Crippen molar-refractivity contribution in [2.24, 2.45) is 0 Å². The van der Waals surface area contributed by atoms with Crippen LogP contribution in [0, 0.1) is 0 Å². The maximum Gasteiger partial charge on any atom is 0.343 e. The SMILES string of the molecule is O=C(O)C(=Cc1ccc(Cl)cc1)C(=O)O. The summed E-state index contributed by atoms with van der Waals surface area (Å²) < 4.78 is 0. The highest BCUT2D eigenvalue weighted by Gasteiger charge is 2.15. The monoisotopic (exact) mass is 226 g/mol. The van der Waals surface area contributed by atoms with E-state index in [1.54, 1.807) is 12.1 Å². The number of rotatable bonds is 3. The molecule has 1 aromatic carbocycles. The van der Waals surface area contributed by atoms with Gasteiger partial charge in [0.05, 0.1) is 0 Å². The van der Waals surface area contributed by atoms with Gasteiger partial charge in [-0.2, -0.15) is 0 Å². The average Bonchev–Trinajstić information content (AvgIpc) is 2.15. The zero-order valence-corrected chi connectivity index (χ0v) is 8.23. The van der Waals surface area contributed by atoms with Gasteiger partial charge in [-0.25, -0.2) is 9.59 Å². The van der Waals surface area contributed by atoms with Crippen molar-refractivity contribution in [3.05, 3.63) is 40.4 Å². The van der Waals surface area contributed by atoms with Gasteiger partial charge in [-0.05, 0) is 23.8 Å². The molecule has 1 rings (SSSR count). The Bertz CT molecular complexity index is 404. The molecule has 15 heavy (non-hydrogen) atoms. The summed E-state index contributed by atoms with van der Waals surface area (Å²) in [5.74, 6) is -2.95. The van der Waals surface area contributed by atoms with Crippen LogP contribution in [0.2, 0.25) is 5.02 Å². The molecule has 0 saturated heterocycles. The number of benzene rings is 1. The first-order chi connectivity index (χ1) is 7.00. The Kier molecular flexibility index (Phi) is 3.46. The predicted octanol–water partition coefficient (Wildman–Crippen LogP) is 1.89. The highest BCUT2D eigenvalue weighted by molar-refractivity contribution is 6.30. The van der Waals surface area contributed by atoms with E-state index in [4.69, 9.17) is 21.8 Å². The van der Waals surface area contributed by atoms with Gasteiger partial charge in [0.1, 0.15) is 5.57 Å². The molecule has 2 N–H and O–H groups in total. The van der Waals surface area contributed by atoms with E-state index in [9.17, 15) is 9.59 Å². The van der Waals surface area contributed by atoms with Gasteiger partial charge in [0.15, 0.2) is 0 Å². The summed E-state index contributed by atoms with van der Waals surface area (Å²) in [5.41, 5.74) is -0.212. The average molecular weight is 227 g/mol. The minimum atomic E-state index is -1.47. The lowest BCUT2D eigenvalue weighted by molar-refractivity contribution is -0.139. The van der Waals surface area contributed by atoms with Crippen LogP contribution in [0.3, 0.4) is 0 Å². The number of carboxylic acid groups (broad SMARTS) is 2. The van der Waals surface area contributed by atoms with Crippen LogP contribution in [0.1, 0.15) is 5.56 Å². The third kappa shape index (κ3) is 3.11. The highest BCUT2D eigenvalue weighted by atomic mass is 35.5. The summed E-state index contributed by atoms with van der Waals surface area (Å²) in [6.45, 7) is 0. The lowest BCUT2D eigenvalue weighted by Gasteiger charge is -1.96. The predicted molar refractivity (Wildman–Crippen MR) is 54.7 cm³/mol. The number of carbonyl (C=O) groups is 2. The van der Waals surface area contributed by atoms with Crippen molar-refractivity contribution in [2.75, 3.05) is 0 Å². The van der Waals surface area contributed by atoms with Gasteiger partial charge in [-0.3, -0.25) is 0 Å². The molecule has 0 radical (unpaired) electrons. The fourth-order valence-corrected chi connectivity index (χ4v) is 1.07. The first-order valence-electron chi connectivity index (χ1n) is 3.94. The number of halogens is 1. The van der Waals surface area contributed by atoms with Gasteiger partial charge >= 0.3 is 11.9 Å². The first kappa shape index (κ1) is 11.3. The van der Waals surface area contributed by atoms with Gasteiger partial charge in [0, 0.05) is 5.02 Å². The summed E-state index contributed by atoms with van der Waals surface area (Å²) in [6, 6.07) is 6.17. The summed E-state index contributed by atoms with van der Waals surface area (Å²) >= 11 is 5.62. The molecule has 0 aromatic heterocycles. The summed E-state index contributed by atoms with van der Waals surface area (Å²) in [7, 11) is 0. The molecule has 0 spiro atoms. The third-order valence-electron chi connectivity index (χ3n) is 1.64. The molecule has 1 aromatic rings. The van der Waals surface area contributed by atoms with Crippen molar-refractivity contribution in [3.8, 4) is 0 Å². The number of carboxylic acids is 2. The fourth-order valence-electron chi connectivity index (χ4n) is 0.941. The molecule has 78 valence electrons. The maximum absolute atomic E-state index is 10.5. The van der Waals surface area contributed by atoms with E-state index in [1.165, 1.54) is 12.1 Å². The molecule has 0 fully saturated rings. The Morgan fingerprint density at radius 3 is 1.93 bits per heavy atom. The van der Waals surface area contributed by atoms with Crippen molar-refractivity contribution >= 4 is 29.6 Å². The molecule has 0 aliphatic heterocycles. The first-order valence-corrected chi connectivity index (χ1v) is 4.32. The molecule has 0 aliphatic carbocycles. The second kappa shape index (κ2) is 4.61. The number of aliphatic carboxylic acids is 2. The Labute approximate surface area is 90.4 Å². The molecular weight excluding hydrogens is 220 g/mol. The molecule has 0 atom stereocenters. The van der Waals surface area contributed by atoms with Crippen molar-refractivity contribution in [1.29, 1.82) is 0 Å². The van der Waals surface area contributed by atoms with E-state index in [0.717, 1.165) is 6.08 Å². The van der Waals surface area contributed by atoms with E-state index in [-0.39, 0.29) is 0 Å². The maximum atomic E-state index is 10.5. The lowest BCUT2D eigenvalue weighted by atomic mass is 10.1. The van der Waals surface area contributed by atoms with Crippen molar-refractivity contribution in [1.82, 2.24) is 0 Å². The van der Waals surface area contributed by atoms with Crippen LogP contribution in [0.4, 0.5) is 0 Å². The van der Waals surface area contributed by atoms with Crippen LogP contribution in [-0.2, 0) is 9.59 Å². The molecule has 0 bridgehead atoms. The fraction of sp³-hybridized carbons (Fsp3) is 0. The topological polar surface area (TPSA) is 74.6 Å². The molecule has 4 nitrogen and oxygen atoms in total. The van der Waals surface area contributed by atoms with Gasteiger partial charge in [0.2, 0.25) is 0 Å². The van der Waals surface area contributed by atoms with Gasteiger partial charge < -0.3 is 10.2 Å². The minimum absolute atomic E-state index is 0.471. The smallest absolute Gasteiger partial charge is 0.343 e. The standard InChI is InChI=1S/C10H7ClO4/c11-7-3-1-6(2-4-7)5-8(9(12)13)10(14)15/h1-5H,(H,12,13)(H,14,15). The van der Waals surface area contributed by atoms with Crippen LogP contribution < -0.4 is 0 Å². The zero-order valence-electron chi connectivity index (χ0n) is 7.48. The third-order valence-corrected chi connectivity index (χ3v) is 1.89. The highest BCUT2D eigenvalue weighted by Crippen LogP contribution is 2.12. The lowest BCUT2D eigenvalue weighted by Crippen LogP contribution is -2.10. The van der Waals surface area contributed by atoms with Crippen LogP contribution in [0.25, 0.3) is 6.08 Å². The van der Waals surface area contributed by atoms with E-state index >= 15 is 0 Å². The van der Waals surface area contributed by atoms with Crippen molar-refractivity contribution < 1.29 is 19.8 Å². The second-order valence-corrected chi connectivity index (χ2v) is 3.16. The van der Waals surface area contributed by atoms with E-state index < -0.39 is 17.5 Å². The van der Waals surface area contributed by atoms with E-state index in [1.807, 2.05) is 0 Å². The van der Waals surface area contributed by atoms with Crippen LogP contribution in [-0.4, -0.2) is 22.2 Å². The van der Waals surface area contributed by atoms with Gasteiger partial charge in [-0.15, -0.1) is 0 Å². The molecule has 0 aliphatic rings. The molecule has 0 saturated carbocycles. The summed E-state index contributed by atoms with van der Waals surface area (Å²) in [6.07, 6.45) is 1.07. The summed E-state index contributed by atoms with van der Waals surface area (Å²) in [4.78, 5) is 21.1. The van der Waals surface area contributed by atoms with Gasteiger partial charge in [-0.1, -0.05) is 23.7 Å².